The molecule has 0 aliphatic rings. The average molecular weight is 480 g/mol. The number of nitrogens with zero attached hydrogens (tertiary/aromatic N) is 1. The second-order valence-electron chi connectivity index (χ2n) is 8.86. The Kier molecular flexibility index (Phi) is 11.3. The number of hydrogen-bond donors (Lipinski definition) is 3. The molecular weight excluding hydrogens is 442 g/mol. The van der Waals surface area contributed by atoms with E-state index in [1.807, 2.05) is 6.92 Å². The third-order valence-electron chi connectivity index (χ3n) is 4.82. The molecule has 2 unspecified atom stereocenters. The summed E-state index contributed by atoms with van der Waals surface area (Å²) in [5.74, 6) is -2.04. The maximum absolute atomic E-state index is 13.5. The fraction of sp³-hybridized carbons (Fsp3) is 0.583. The van der Waals surface area contributed by atoms with Gasteiger partial charge < -0.3 is 30.1 Å². The van der Waals surface area contributed by atoms with Gasteiger partial charge in [0, 0.05) is 12.1 Å². The number of amides is 3. The molecule has 190 valence electrons. The van der Waals surface area contributed by atoms with Gasteiger partial charge in [-0.3, -0.25) is 14.4 Å². The van der Waals surface area contributed by atoms with Crippen LogP contribution >= 0.6 is 0 Å². The Bertz CT molecular complexity index is 851. The number of phenols is 1. The summed E-state index contributed by atoms with van der Waals surface area (Å²) in [5.41, 5.74) is -0.557. The van der Waals surface area contributed by atoms with E-state index >= 15 is 0 Å². The van der Waals surface area contributed by atoms with Gasteiger partial charge in [-0.15, -0.1) is 0 Å². The summed E-state index contributed by atoms with van der Waals surface area (Å²) in [4.78, 5) is 51.8. The number of aromatic hydroxyl groups is 1. The minimum absolute atomic E-state index is 0.179. The van der Waals surface area contributed by atoms with Gasteiger partial charge in [0.1, 0.15) is 30.0 Å². The highest BCUT2D eigenvalue weighted by molar-refractivity contribution is 5.93. The van der Waals surface area contributed by atoms with E-state index < -0.39 is 48.1 Å². The average Bonchev–Trinajstić information content (AvgIpc) is 2.75. The fourth-order valence-electron chi connectivity index (χ4n) is 3.19. The maximum atomic E-state index is 13.5. The lowest BCUT2D eigenvalue weighted by molar-refractivity contribution is -0.144. The number of unbranched alkanes of at least 4 members (excludes halogenated alkanes) is 2. The molecule has 34 heavy (non-hydrogen) atoms. The van der Waals surface area contributed by atoms with Crippen molar-refractivity contribution >= 4 is 23.9 Å². The van der Waals surface area contributed by atoms with Crippen molar-refractivity contribution < 1.29 is 33.8 Å². The highest BCUT2D eigenvalue weighted by atomic mass is 16.6. The molecule has 0 spiro atoms. The number of methoxy groups -OCH3 is 1. The van der Waals surface area contributed by atoms with Crippen LogP contribution in [0.15, 0.2) is 24.3 Å². The number of ether oxygens (including phenoxy) is 2. The number of carbonyl (C=O) groups excluding carboxylic acids is 4. The van der Waals surface area contributed by atoms with E-state index in [1.165, 1.54) is 31.1 Å². The highest BCUT2D eigenvalue weighted by Gasteiger charge is 2.35. The Labute approximate surface area is 201 Å². The number of alkyl carbamates (subject to hydrolysis) is 1. The van der Waals surface area contributed by atoms with Crippen molar-refractivity contribution in [3.8, 4) is 5.75 Å². The van der Waals surface area contributed by atoms with E-state index in [9.17, 15) is 24.3 Å². The van der Waals surface area contributed by atoms with Crippen LogP contribution in [0, 0.1) is 0 Å². The van der Waals surface area contributed by atoms with Crippen LogP contribution in [0.25, 0.3) is 0 Å². The van der Waals surface area contributed by atoms with Crippen molar-refractivity contribution in [1.29, 1.82) is 0 Å². The molecule has 0 fully saturated rings. The van der Waals surface area contributed by atoms with Gasteiger partial charge >= 0.3 is 12.1 Å². The van der Waals surface area contributed by atoms with Gasteiger partial charge in [0.15, 0.2) is 0 Å². The van der Waals surface area contributed by atoms with Crippen molar-refractivity contribution in [3.05, 3.63) is 29.8 Å². The van der Waals surface area contributed by atoms with Crippen LogP contribution in [0.1, 0.15) is 65.5 Å². The normalized spacial score (nSPS) is 12.8. The Morgan fingerprint density at radius 1 is 1.12 bits per heavy atom. The molecule has 1 aromatic rings. The first-order valence-electron chi connectivity index (χ1n) is 11.3. The molecule has 1 rings (SSSR count). The van der Waals surface area contributed by atoms with Gasteiger partial charge in [-0.05, 0) is 40.2 Å². The summed E-state index contributed by atoms with van der Waals surface area (Å²) >= 11 is 0. The largest absolute Gasteiger partial charge is 0.508 e. The monoisotopic (exact) mass is 479 g/mol. The second kappa shape index (κ2) is 13.4. The summed E-state index contributed by atoms with van der Waals surface area (Å²) in [6.45, 7) is 8.40. The van der Waals surface area contributed by atoms with E-state index in [0.29, 0.717) is 6.42 Å². The summed E-state index contributed by atoms with van der Waals surface area (Å²) < 4.78 is 9.81. The van der Waals surface area contributed by atoms with Crippen molar-refractivity contribution in [3.63, 3.8) is 0 Å². The SMILES string of the molecule is CCCCCN(C(=O)C(C)NC(=O)OC(C)(C)C)C(C(=O)NCC(=O)OC)c1ccccc1O. The second-order valence-corrected chi connectivity index (χ2v) is 8.86. The predicted octanol–water partition coefficient (Wildman–Crippen LogP) is 2.65. The van der Waals surface area contributed by atoms with E-state index in [-0.39, 0.29) is 17.9 Å². The van der Waals surface area contributed by atoms with Crippen LogP contribution in [0.2, 0.25) is 0 Å². The zero-order chi connectivity index (χ0) is 25.9. The van der Waals surface area contributed by atoms with Crippen LogP contribution in [-0.2, 0) is 23.9 Å². The first kappa shape index (κ1) is 28.7. The van der Waals surface area contributed by atoms with Crippen LogP contribution in [0.5, 0.6) is 5.75 Å². The van der Waals surface area contributed by atoms with Crippen molar-refractivity contribution in [2.75, 3.05) is 20.2 Å². The number of phenolic OH excluding ortho intramolecular Hbond substituents is 1. The third kappa shape index (κ3) is 9.29. The number of para-hydroxylation sites is 1. The number of esters is 1. The molecule has 0 saturated carbocycles. The molecule has 0 aliphatic heterocycles. The molecule has 0 saturated heterocycles. The molecule has 3 N–H and O–H groups in total. The lowest BCUT2D eigenvalue weighted by atomic mass is 10.0. The zero-order valence-electron chi connectivity index (χ0n) is 20.8. The number of hydrogen-bond acceptors (Lipinski definition) is 7. The quantitative estimate of drug-likeness (QED) is 0.328. The Morgan fingerprint density at radius 3 is 2.32 bits per heavy atom. The molecule has 10 heteroatoms. The minimum Gasteiger partial charge on any atom is -0.508 e. The predicted molar refractivity (Wildman–Crippen MR) is 126 cm³/mol. The molecule has 2 atom stereocenters. The van der Waals surface area contributed by atoms with E-state index in [4.69, 9.17) is 4.74 Å². The summed E-state index contributed by atoms with van der Waals surface area (Å²) in [5, 5.41) is 15.4. The van der Waals surface area contributed by atoms with Crippen LogP contribution in [0.3, 0.4) is 0 Å². The first-order chi connectivity index (χ1) is 15.9. The Balaban J connectivity index is 3.30. The van der Waals surface area contributed by atoms with Crippen LogP contribution < -0.4 is 10.6 Å². The topological polar surface area (TPSA) is 134 Å². The number of benzene rings is 1. The fourth-order valence-corrected chi connectivity index (χ4v) is 3.19. The van der Waals surface area contributed by atoms with E-state index in [0.717, 1.165) is 12.8 Å². The minimum atomic E-state index is -1.24. The Morgan fingerprint density at radius 2 is 1.76 bits per heavy atom. The van der Waals surface area contributed by atoms with E-state index in [1.54, 1.807) is 32.9 Å². The van der Waals surface area contributed by atoms with E-state index in [2.05, 4.69) is 15.4 Å². The van der Waals surface area contributed by atoms with Crippen molar-refractivity contribution in [2.45, 2.75) is 71.6 Å². The molecule has 1 aromatic carbocycles. The molecule has 10 nitrogen and oxygen atoms in total. The van der Waals surface area contributed by atoms with Crippen LogP contribution in [0.4, 0.5) is 4.79 Å². The molecule has 0 aromatic heterocycles. The molecule has 0 radical (unpaired) electrons. The molecule has 3 amide bonds. The van der Waals surface area contributed by atoms with Gasteiger partial charge in [0.25, 0.3) is 0 Å². The summed E-state index contributed by atoms with van der Waals surface area (Å²) in [6, 6.07) is 3.91. The van der Waals surface area contributed by atoms with Crippen molar-refractivity contribution in [2.24, 2.45) is 0 Å². The van der Waals surface area contributed by atoms with Gasteiger partial charge in [-0.1, -0.05) is 38.0 Å². The molecule has 0 heterocycles. The first-order valence-corrected chi connectivity index (χ1v) is 11.3. The van der Waals surface area contributed by atoms with Crippen LogP contribution in [-0.4, -0.2) is 65.7 Å². The molecular formula is C24H37N3O7. The lowest BCUT2D eigenvalue weighted by Gasteiger charge is -2.34. The smallest absolute Gasteiger partial charge is 0.408 e. The Hall–Kier alpha value is -3.30. The summed E-state index contributed by atoms with van der Waals surface area (Å²) in [6.07, 6.45) is 1.50. The van der Waals surface area contributed by atoms with Gasteiger partial charge in [0.2, 0.25) is 11.8 Å². The number of carbonyl (C=O) groups is 4. The highest BCUT2D eigenvalue weighted by Crippen LogP contribution is 2.30. The van der Waals surface area contributed by atoms with Gasteiger partial charge in [0.05, 0.1) is 7.11 Å². The molecule has 0 aliphatic carbocycles. The zero-order valence-corrected chi connectivity index (χ0v) is 20.8. The maximum Gasteiger partial charge on any atom is 0.408 e. The number of rotatable bonds is 11. The molecule has 0 bridgehead atoms. The summed E-state index contributed by atoms with van der Waals surface area (Å²) in [7, 11) is 1.19. The number of nitrogens with one attached hydrogen (secondary N) is 2. The third-order valence-corrected chi connectivity index (χ3v) is 4.82. The standard InChI is InChI=1S/C24H37N3O7/c1-7-8-11-14-27(22(31)16(2)26-23(32)34-24(3,4)5)20(17-12-9-10-13-18(17)28)21(30)25-15-19(29)33-6/h9-10,12-13,16,20,28H,7-8,11,14-15H2,1-6H3,(H,25,30)(H,26,32). The lowest BCUT2D eigenvalue weighted by Crippen LogP contribution is -2.52. The van der Waals surface area contributed by atoms with Gasteiger partial charge in [-0.25, -0.2) is 4.79 Å². The van der Waals surface area contributed by atoms with Gasteiger partial charge in [-0.2, -0.15) is 0 Å². The van der Waals surface area contributed by atoms with Crippen molar-refractivity contribution in [1.82, 2.24) is 15.5 Å².